The van der Waals surface area contributed by atoms with Crippen molar-refractivity contribution < 1.29 is 19.1 Å². The lowest BCUT2D eigenvalue weighted by atomic mass is 9.88. The molecular formula is C19H26O4. The van der Waals surface area contributed by atoms with Gasteiger partial charge in [-0.3, -0.25) is 0 Å². The van der Waals surface area contributed by atoms with Crippen molar-refractivity contribution in [1.29, 1.82) is 0 Å². The van der Waals surface area contributed by atoms with Gasteiger partial charge >= 0.3 is 11.9 Å². The Morgan fingerprint density at radius 2 is 1.83 bits per heavy atom. The molecule has 0 N–H and O–H groups in total. The molecule has 2 unspecified atom stereocenters. The van der Waals surface area contributed by atoms with Gasteiger partial charge in [0.25, 0.3) is 0 Å². The summed E-state index contributed by atoms with van der Waals surface area (Å²) in [6, 6.07) is 6.59. The number of carbonyl (C=O) groups is 2. The van der Waals surface area contributed by atoms with Crippen molar-refractivity contribution in [2.75, 3.05) is 6.61 Å². The Kier molecular flexibility index (Phi) is 6.63. The molecule has 1 aliphatic carbocycles. The zero-order valence-corrected chi connectivity index (χ0v) is 14.0. The Bertz CT molecular complexity index is 538. The number of hydrogen-bond donors (Lipinski definition) is 0. The molecule has 0 heterocycles. The van der Waals surface area contributed by atoms with Crippen molar-refractivity contribution in [1.82, 2.24) is 0 Å². The molecule has 4 heteroatoms. The average Bonchev–Trinajstić information content (AvgIpc) is 2.57. The van der Waals surface area contributed by atoms with Crippen molar-refractivity contribution in [3.05, 3.63) is 35.4 Å². The fraction of sp³-hybridized carbons (Fsp3) is 0.579. The molecule has 1 aromatic carbocycles. The summed E-state index contributed by atoms with van der Waals surface area (Å²) in [4.78, 5) is 24.3. The van der Waals surface area contributed by atoms with E-state index in [1.165, 1.54) is 6.42 Å². The van der Waals surface area contributed by atoms with Crippen molar-refractivity contribution in [3.63, 3.8) is 0 Å². The highest BCUT2D eigenvalue weighted by molar-refractivity contribution is 5.95. The monoisotopic (exact) mass is 318 g/mol. The van der Waals surface area contributed by atoms with E-state index in [1.807, 2.05) is 6.92 Å². The summed E-state index contributed by atoms with van der Waals surface area (Å²) in [5.74, 6) is -0.346. The molecule has 4 nitrogen and oxygen atoms in total. The third-order valence-corrected chi connectivity index (χ3v) is 4.36. The van der Waals surface area contributed by atoms with Gasteiger partial charge in [0.15, 0.2) is 0 Å². The SMILES string of the molecule is CCCCOC(=O)c1cccc(C(=O)OC2CCCCC2C)c1. The van der Waals surface area contributed by atoms with Crippen LogP contribution in [-0.2, 0) is 9.47 Å². The zero-order chi connectivity index (χ0) is 16.7. The van der Waals surface area contributed by atoms with Crippen LogP contribution in [0.3, 0.4) is 0 Å². The van der Waals surface area contributed by atoms with Gasteiger partial charge in [-0.2, -0.15) is 0 Å². The number of hydrogen-bond acceptors (Lipinski definition) is 4. The predicted octanol–water partition coefficient (Wildman–Crippen LogP) is 4.38. The standard InChI is InChI=1S/C19H26O4/c1-3-4-12-22-18(20)15-9-7-10-16(13-15)19(21)23-17-11-6-5-8-14(17)2/h7,9-10,13-14,17H,3-6,8,11-12H2,1-2H3. The molecular weight excluding hydrogens is 292 g/mol. The first-order valence-electron chi connectivity index (χ1n) is 8.60. The van der Waals surface area contributed by atoms with Crippen LogP contribution in [0.1, 0.15) is 73.1 Å². The second kappa shape index (κ2) is 8.70. The van der Waals surface area contributed by atoms with Crippen molar-refractivity contribution >= 4 is 11.9 Å². The average molecular weight is 318 g/mol. The zero-order valence-electron chi connectivity index (χ0n) is 14.0. The number of ether oxygens (including phenoxy) is 2. The van der Waals surface area contributed by atoms with Gasteiger partial charge in [-0.25, -0.2) is 9.59 Å². The van der Waals surface area contributed by atoms with E-state index in [-0.39, 0.29) is 18.0 Å². The number of esters is 2. The first-order chi connectivity index (χ1) is 11.1. The Morgan fingerprint density at radius 3 is 2.52 bits per heavy atom. The van der Waals surface area contributed by atoms with Crippen LogP contribution in [0.4, 0.5) is 0 Å². The summed E-state index contributed by atoms with van der Waals surface area (Å²) >= 11 is 0. The minimum Gasteiger partial charge on any atom is -0.462 e. The maximum atomic E-state index is 12.3. The van der Waals surface area contributed by atoms with Crippen LogP contribution >= 0.6 is 0 Å². The van der Waals surface area contributed by atoms with E-state index in [2.05, 4.69) is 6.92 Å². The Morgan fingerprint density at radius 1 is 1.13 bits per heavy atom. The van der Waals surface area contributed by atoms with Crippen LogP contribution < -0.4 is 0 Å². The fourth-order valence-corrected chi connectivity index (χ4v) is 2.83. The van der Waals surface area contributed by atoms with Crippen molar-refractivity contribution in [2.45, 2.75) is 58.5 Å². The highest BCUT2D eigenvalue weighted by Gasteiger charge is 2.25. The largest absolute Gasteiger partial charge is 0.462 e. The lowest BCUT2D eigenvalue weighted by molar-refractivity contribution is 0.00481. The van der Waals surface area contributed by atoms with Crippen LogP contribution in [0.2, 0.25) is 0 Å². The molecule has 0 aromatic heterocycles. The fourth-order valence-electron chi connectivity index (χ4n) is 2.83. The summed E-state index contributed by atoms with van der Waals surface area (Å²) < 4.78 is 10.8. The molecule has 0 amide bonds. The molecule has 2 rings (SSSR count). The molecule has 1 aromatic rings. The molecule has 1 aliphatic rings. The summed E-state index contributed by atoms with van der Waals surface area (Å²) in [7, 11) is 0. The first kappa shape index (κ1) is 17.5. The van der Waals surface area contributed by atoms with Gasteiger partial charge in [0.2, 0.25) is 0 Å². The van der Waals surface area contributed by atoms with Crippen LogP contribution in [0.5, 0.6) is 0 Å². The Hall–Kier alpha value is -1.84. The Balaban J connectivity index is 1.98. The number of carbonyl (C=O) groups excluding carboxylic acids is 2. The van der Waals surface area contributed by atoms with Gasteiger partial charge < -0.3 is 9.47 Å². The quantitative estimate of drug-likeness (QED) is 0.577. The van der Waals surface area contributed by atoms with Crippen LogP contribution in [0.15, 0.2) is 24.3 Å². The maximum Gasteiger partial charge on any atom is 0.338 e. The van der Waals surface area contributed by atoms with Crippen molar-refractivity contribution in [3.8, 4) is 0 Å². The lowest BCUT2D eigenvalue weighted by Gasteiger charge is -2.28. The third kappa shape index (κ3) is 5.08. The maximum absolute atomic E-state index is 12.3. The van der Waals surface area contributed by atoms with Gasteiger partial charge in [-0.1, -0.05) is 32.8 Å². The van der Waals surface area contributed by atoms with Crippen molar-refractivity contribution in [2.24, 2.45) is 5.92 Å². The molecule has 0 saturated heterocycles. The highest BCUT2D eigenvalue weighted by atomic mass is 16.5. The minimum atomic E-state index is -0.390. The van der Waals surface area contributed by atoms with E-state index in [1.54, 1.807) is 24.3 Å². The first-order valence-corrected chi connectivity index (χ1v) is 8.60. The molecule has 0 spiro atoms. The predicted molar refractivity (Wildman–Crippen MR) is 88.5 cm³/mol. The molecule has 1 fully saturated rings. The summed E-state index contributed by atoms with van der Waals surface area (Å²) in [6.07, 6.45) is 6.12. The van der Waals surface area contributed by atoms with E-state index >= 15 is 0 Å². The second-order valence-electron chi connectivity index (χ2n) is 6.28. The summed E-state index contributed by atoms with van der Waals surface area (Å²) in [5.41, 5.74) is 0.806. The number of unbranched alkanes of at least 4 members (excludes halogenated alkanes) is 1. The van der Waals surface area contributed by atoms with E-state index < -0.39 is 0 Å². The Labute approximate surface area is 138 Å². The lowest BCUT2D eigenvalue weighted by Crippen LogP contribution is -2.28. The van der Waals surface area contributed by atoms with Crippen LogP contribution in [-0.4, -0.2) is 24.6 Å². The number of rotatable bonds is 6. The second-order valence-corrected chi connectivity index (χ2v) is 6.28. The molecule has 0 aliphatic heterocycles. The topological polar surface area (TPSA) is 52.6 Å². The van der Waals surface area contributed by atoms with E-state index in [0.717, 1.165) is 32.1 Å². The van der Waals surface area contributed by atoms with Gasteiger partial charge in [-0.15, -0.1) is 0 Å². The molecule has 2 atom stereocenters. The normalized spacial score (nSPS) is 20.8. The van der Waals surface area contributed by atoms with Gasteiger partial charge in [-0.05, 0) is 49.8 Å². The van der Waals surface area contributed by atoms with Crippen LogP contribution in [0.25, 0.3) is 0 Å². The summed E-state index contributed by atoms with van der Waals surface area (Å²) in [5, 5.41) is 0. The molecule has 23 heavy (non-hydrogen) atoms. The van der Waals surface area contributed by atoms with E-state index in [9.17, 15) is 9.59 Å². The highest BCUT2D eigenvalue weighted by Crippen LogP contribution is 2.27. The summed E-state index contributed by atoms with van der Waals surface area (Å²) in [6.45, 7) is 4.57. The van der Waals surface area contributed by atoms with E-state index in [4.69, 9.17) is 9.47 Å². The minimum absolute atomic E-state index is 0.0172. The van der Waals surface area contributed by atoms with E-state index in [0.29, 0.717) is 23.7 Å². The smallest absolute Gasteiger partial charge is 0.338 e. The molecule has 126 valence electrons. The third-order valence-electron chi connectivity index (χ3n) is 4.36. The molecule has 0 radical (unpaired) electrons. The van der Waals surface area contributed by atoms with Gasteiger partial charge in [0.1, 0.15) is 6.10 Å². The van der Waals surface area contributed by atoms with Gasteiger partial charge in [0.05, 0.1) is 17.7 Å². The molecule has 0 bridgehead atoms. The van der Waals surface area contributed by atoms with Crippen LogP contribution in [0, 0.1) is 5.92 Å². The number of benzene rings is 1. The molecule has 1 saturated carbocycles. The van der Waals surface area contributed by atoms with Gasteiger partial charge in [0, 0.05) is 0 Å².